The largest absolute Gasteiger partial charge is 0.373 e. The van der Waals surface area contributed by atoms with Crippen molar-refractivity contribution in [1.82, 2.24) is 9.97 Å². The maximum atomic E-state index is 4.16. The van der Waals surface area contributed by atoms with E-state index < -0.39 is 0 Å². The van der Waals surface area contributed by atoms with E-state index in [2.05, 4.69) is 44.9 Å². The topological polar surface area (TPSA) is 49.8 Å². The quantitative estimate of drug-likeness (QED) is 0.823. The van der Waals surface area contributed by atoms with Gasteiger partial charge >= 0.3 is 0 Å². The number of rotatable bonds is 5. The molecule has 0 saturated carbocycles. The summed E-state index contributed by atoms with van der Waals surface area (Å²) in [6.07, 6.45) is 2.54. The summed E-state index contributed by atoms with van der Waals surface area (Å²) in [4.78, 5) is 8.22. The highest BCUT2D eigenvalue weighted by Crippen LogP contribution is 2.07. The van der Waals surface area contributed by atoms with E-state index in [0.29, 0.717) is 0 Å². The van der Waals surface area contributed by atoms with Gasteiger partial charge < -0.3 is 10.6 Å². The molecule has 0 fully saturated rings. The summed E-state index contributed by atoms with van der Waals surface area (Å²) in [5.41, 5.74) is 1.32. The van der Waals surface area contributed by atoms with Gasteiger partial charge in [-0.15, -0.1) is 0 Å². The van der Waals surface area contributed by atoms with E-state index >= 15 is 0 Å². The SMILES string of the molecule is CNc1cc(NCCc2ccccc2)ncn1. The molecule has 0 amide bonds. The number of benzene rings is 1. The highest BCUT2D eigenvalue weighted by molar-refractivity contribution is 5.45. The Morgan fingerprint density at radius 1 is 1.06 bits per heavy atom. The summed E-state index contributed by atoms with van der Waals surface area (Å²) in [5, 5.41) is 6.26. The number of nitrogens with zero attached hydrogens (tertiary/aromatic N) is 2. The summed E-state index contributed by atoms with van der Waals surface area (Å²) >= 11 is 0. The van der Waals surface area contributed by atoms with Crippen LogP contribution in [0.2, 0.25) is 0 Å². The van der Waals surface area contributed by atoms with Crippen molar-refractivity contribution in [3.63, 3.8) is 0 Å². The van der Waals surface area contributed by atoms with Crippen molar-refractivity contribution in [3.05, 3.63) is 48.3 Å². The lowest BCUT2D eigenvalue weighted by molar-refractivity contribution is 0.999. The monoisotopic (exact) mass is 228 g/mol. The van der Waals surface area contributed by atoms with Crippen LogP contribution in [0.4, 0.5) is 11.6 Å². The minimum absolute atomic E-state index is 0.821. The maximum Gasteiger partial charge on any atom is 0.131 e. The lowest BCUT2D eigenvalue weighted by Crippen LogP contribution is -2.07. The highest BCUT2D eigenvalue weighted by Gasteiger charge is 1.96. The smallest absolute Gasteiger partial charge is 0.131 e. The van der Waals surface area contributed by atoms with Crippen LogP contribution in [-0.4, -0.2) is 23.6 Å². The molecule has 1 heterocycles. The van der Waals surface area contributed by atoms with Gasteiger partial charge in [0.15, 0.2) is 0 Å². The molecule has 2 rings (SSSR count). The summed E-state index contributed by atoms with van der Waals surface area (Å²) in [7, 11) is 1.84. The first kappa shape index (κ1) is 11.4. The molecule has 0 unspecified atom stereocenters. The normalized spacial score (nSPS) is 9.94. The summed E-state index contributed by atoms with van der Waals surface area (Å²) in [6.45, 7) is 0.865. The third kappa shape index (κ3) is 3.45. The van der Waals surface area contributed by atoms with E-state index in [-0.39, 0.29) is 0 Å². The Hall–Kier alpha value is -2.10. The molecule has 0 spiro atoms. The Bertz CT molecular complexity index is 456. The van der Waals surface area contributed by atoms with Crippen molar-refractivity contribution in [2.75, 3.05) is 24.2 Å². The molecule has 0 aliphatic carbocycles. The average Bonchev–Trinajstić information content (AvgIpc) is 2.40. The Morgan fingerprint density at radius 3 is 2.59 bits per heavy atom. The molecule has 4 heteroatoms. The van der Waals surface area contributed by atoms with Crippen molar-refractivity contribution < 1.29 is 0 Å². The zero-order valence-corrected chi connectivity index (χ0v) is 9.85. The van der Waals surface area contributed by atoms with Gasteiger partial charge in [-0.2, -0.15) is 0 Å². The summed E-state index contributed by atoms with van der Waals surface area (Å²) < 4.78 is 0. The van der Waals surface area contributed by atoms with Crippen molar-refractivity contribution in [2.24, 2.45) is 0 Å². The van der Waals surface area contributed by atoms with Crippen LogP contribution in [0.15, 0.2) is 42.7 Å². The fourth-order valence-corrected chi connectivity index (χ4v) is 1.57. The predicted octanol–water partition coefficient (Wildman–Crippen LogP) is 2.17. The number of aromatic nitrogens is 2. The number of hydrogen-bond donors (Lipinski definition) is 2. The lowest BCUT2D eigenvalue weighted by Gasteiger charge is -2.06. The second-order valence-electron chi connectivity index (χ2n) is 3.70. The zero-order chi connectivity index (χ0) is 11.9. The van der Waals surface area contributed by atoms with Gasteiger partial charge in [0.2, 0.25) is 0 Å². The fraction of sp³-hybridized carbons (Fsp3) is 0.231. The van der Waals surface area contributed by atoms with Crippen molar-refractivity contribution in [2.45, 2.75) is 6.42 Å². The van der Waals surface area contributed by atoms with Gasteiger partial charge in [-0.3, -0.25) is 0 Å². The van der Waals surface area contributed by atoms with Gasteiger partial charge in [0, 0.05) is 19.7 Å². The molecular weight excluding hydrogens is 212 g/mol. The first-order valence-electron chi connectivity index (χ1n) is 5.66. The fourth-order valence-electron chi connectivity index (χ4n) is 1.57. The molecule has 1 aromatic carbocycles. The van der Waals surface area contributed by atoms with Gasteiger partial charge in [0.05, 0.1) is 0 Å². The van der Waals surface area contributed by atoms with Crippen LogP contribution in [0.5, 0.6) is 0 Å². The van der Waals surface area contributed by atoms with Crippen LogP contribution in [0.1, 0.15) is 5.56 Å². The zero-order valence-electron chi connectivity index (χ0n) is 9.85. The standard InChI is InChI=1S/C13H16N4/c1-14-12-9-13(17-10-16-12)15-8-7-11-5-3-2-4-6-11/h2-6,9-10H,7-8H2,1H3,(H2,14,15,16,17). The Morgan fingerprint density at radius 2 is 1.82 bits per heavy atom. The molecule has 4 nitrogen and oxygen atoms in total. The molecule has 0 saturated heterocycles. The van der Waals surface area contributed by atoms with Gasteiger partial charge in [-0.1, -0.05) is 30.3 Å². The molecular formula is C13H16N4. The van der Waals surface area contributed by atoms with E-state index in [1.165, 1.54) is 5.56 Å². The van der Waals surface area contributed by atoms with Crippen molar-refractivity contribution in [1.29, 1.82) is 0 Å². The van der Waals surface area contributed by atoms with Crippen LogP contribution in [-0.2, 0) is 6.42 Å². The summed E-state index contributed by atoms with van der Waals surface area (Å²) in [5.74, 6) is 1.67. The molecule has 0 atom stereocenters. The minimum Gasteiger partial charge on any atom is -0.373 e. The average molecular weight is 228 g/mol. The van der Waals surface area contributed by atoms with E-state index in [1.807, 2.05) is 19.2 Å². The predicted molar refractivity (Wildman–Crippen MR) is 70.2 cm³/mol. The van der Waals surface area contributed by atoms with Crippen LogP contribution < -0.4 is 10.6 Å². The van der Waals surface area contributed by atoms with Gasteiger partial charge in [-0.25, -0.2) is 9.97 Å². The molecule has 0 radical (unpaired) electrons. The third-order valence-corrected chi connectivity index (χ3v) is 2.49. The second-order valence-corrected chi connectivity index (χ2v) is 3.70. The van der Waals surface area contributed by atoms with Gasteiger partial charge in [0.25, 0.3) is 0 Å². The Labute approximate surface area is 101 Å². The molecule has 2 aromatic rings. The number of anilines is 2. The molecule has 0 aliphatic rings. The highest BCUT2D eigenvalue weighted by atomic mass is 15.0. The minimum atomic E-state index is 0.821. The van der Waals surface area contributed by atoms with Crippen LogP contribution in [0.25, 0.3) is 0 Å². The van der Waals surface area contributed by atoms with E-state index in [1.54, 1.807) is 6.33 Å². The first-order chi connectivity index (χ1) is 8.38. The van der Waals surface area contributed by atoms with Crippen LogP contribution >= 0.6 is 0 Å². The van der Waals surface area contributed by atoms with Crippen molar-refractivity contribution in [3.8, 4) is 0 Å². The second kappa shape index (κ2) is 5.84. The molecule has 1 aromatic heterocycles. The molecule has 0 aliphatic heterocycles. The number of nitrogens with one attached hydrogen (secondary N) is 2. The first-order valence-corrected chi connectivity index (χ1v) is 5.66. The number of hydrogen-bond acceptors (Lipinski definition) is 4. The van der Waals surface area contributed by atoms with Crippen molar-refractivity contribution >= 4 is 11.6 Å². The van der Waals surface area contributed by atoms with Gasteiger partial charge in [0.1, 0.15) is 18.0 Å². The van der Waals surface area contributed by atoms with E-state index in [4.69, 9.17) is 0 Å². The molecule has 88 valence electrons. The Balaban J connectivity index is 1.86. The maximum absolute atomic E-state index is 4.16. The lowest BCUT2D eigenvalue weighted by atomic mass is 10.1. The Kier molecular flexibility index (Phi) is 3.91. The molecule has 2 N–H and O–H groups in total. The van der Waals surface area contributed by atoms with Crippen LogP contribution in [0, 0.1) is 0 Å². The van der Waals surface area contributed by atoms with E-state index in [9.17, 15) is 0 Å². The van der Waals surface area contributed by atoms with Crippen LogP contribution in [0.3, 0.4) is 0 Å². The van der Waals surface area contributed by atoms with E-state index in [0.717, 1.165) is 24.6 Å². The third-order valence-electron chi connectivity index (χ3n) is 2.49. The molecule has 0 bridgehead atoms. The summed E-state index contributed by atoms with van der Waals surface area (Å²) in [6, 6.07) is 12.3. The van der Waals surface area contributed by atoms with Gasteiger partial charge in [-0.05, 0) is 12.0 Å². The molecule has 17 heavy (non-hydrogen) atoms.